The highest BCUT2D eigenvalue weighted by Crippen LogP contribution is 2.24. The summed E-state index contributed by atoms with van der Waals surface area (Å²) in [6.45, 7) is 2.10. The third-order valence-corrected chi connectivity index (χ3v) is 6.55. The Bertz CT molecular complexity index is 930. The molecule has 3 rings (SSSR count). The SMILES string of the molecule is CCC(C(=O)NC1CCCCC1)N(Cc1ccc(F)cc1)C(=O)Cc1ccc(Cl)cc1Cl. The zero-order valence-electron chi connectivity index (χ0n) is 18.3. The van der Waals surface area contributed by atoms with Gasteiger partial charge in [0.1, 0.15) is 11.9 Å². The zero-order chi connectivity index (χ0) is 23.1. The van der Waals surface area contributed by atoms with Crippen molar-refractivity contribution in [2.45, 2.75) is 70.5 Å². The molecule has 0 saturated heterocycles. The number of hydrogen-bond acceptors (Lipinski definition) is 2. The first-order valence-corrected chi connectivity index (χ1v) is 11.9. The maximum absolute atomic E-state index is 13.4. The monoisotopic (exact) mass is 478 g/mol. The van der Waals surface area contributed by atoms with E-state index in [1.165, 1.54) is 18.6 Å². The van der Waals surface area contributed by atoms with Crippen LogP contribution in [0.1, 0.15) is 56.6 Å². The van der Waals surface area contributed by atoms with Crippen molar-refractivity contribution < 1.29 is 14.0 Å². The fourth-order valence-electron chi connectivity index (χ4n) is 4.18. The second-order valence-electron chi connectivity index (χ2n) is 8.33. The summed E-state index contributed by atoms with van der Waals surface area (Å²) in [5, 5.41) is 4.05. The van der Waals surface area contributed by atoms with Gasteiger partial charge in [0.25, 0.3) is 0 Å². The van der Waals surface area contributed by atoms with Crippen LogP contribution in [0.2, 0.25) is 10.0 Å². The molecule has 0 heterocycles. The van der Waals surface area contributed by atoms with E-state index in [9.17, 15) is 14.0 Å². The Morgan fingerprint density at radius 1 is 1.09 bits per heavy atom. The molecule has 1 N–H and O–H groups in total. The van der Waals surface area contributed by atoms with Gasteiger partial charge >= 0.3 is 0 Å². The molecule has 0 aliphatic heterocycles. The maximum Gasteiger partial charge on any atom is 0.243 e. The summed E-state index contributed by atoms with van der Waals surface area (Å²) in [5.74, 6) is -0.706. The molecule has 1 fully saturated rings. The molecule has 7 heteroatoms. The van der Waals surface area contributed by atoms with Gasteiger partial charge in [-0.1, -0.05) is 67.6 Å². The molecule has 0 aromatic heterocycles. The highest BCUT2D eigenvalue weighted by Gasteiger charge is 2.30. The van der Waals surface area contributed by atoms with Gasteiger partial charge in [-0.15, -0.1) is 0 Å². The van der Waals surface area contributed by atoms with E-state index in [2.05, 4.69) is 5.32 Å². The van der Waals surface area contributed by atoms with Gasteiger partial charge in [0, 0.05) is 22.6 Å². The van der Waals surface area contributed by atoms with Crippen molar-refractivity contribution in [1.82, 2.24) is 10.2 Å². The first kappa shape index (κ1) is 24.5. The van der Waals surface area contributed by atoms with E-state index < -0.39 is 6.04 Å². The van der Waals surface area contributed by atoms with Gasteiger partial charge in [-0.25, -0.2) is 4.39 Å². The van der Waals surface area contributed by atoms with E-state index in [0.717, 1.165) is 31.2 Å². The summed E-state index contributed by atoms with van der Waals surface area (Å²) in [5.41, 5.74) is 1.40. The summed E-state index contributed by atoms with van der Waals surface area (Å²) < 4.78 is 13.4. The van der Waals surface area contributed by atoms with E-state index in [1.54, 1.807) is 35.2 Å². The van der Waals surface area contributed by atoms with Crippen LogP contribution in [-0.2, 0) is 22.6 Å². The van der Waals surface area contributed by atoms with Crippen molar-refractivity contribution in [1.29, 1.82) is 0 Å². The van der Waals surface area contributed by atoms with Crippen LogP contribution >= 0.6 is 23.2 Å². The molecule has 0 spiro atoms. The van der Waals surface area contributed by atoms with Crippen LogP contribution in [0, 0.1) is 5.82 Å². The van der Waals surface area contributed by atoms with Gasteiger partial charge in [-0.2, -0.15) is 0 Å². The zero-order valence-corrected chi connectivity index (χ0v) is 19.8. The van der Waals surface area contributed by atoms with Crippen molar-refractivity contribution in [3.63, 3.8) is 0 Å². The Labute approximate surface area is 199 Å². The average molecular weight is 479 g/mol. The summed E-state index contributed by atoms with van der Waals surface area (Å²) >= 11 is 12.3. The lowest BCUT2D eigenvalue weighted by Crippen LogP contribution is -2.52. The fraction of sp³-hybridized carbons (Fsp3) is 0.440. The molecule has 0 radical (unpaired) electrons. The standard InChI is InChI=1S/C25H29Cl2FN2O2/c1-2-23(25(32)29-21-6-4-3-5-7-21)30(16-17-8-12-20(28)13-9-17)24(31)14-18-10-11-19(26)15-22(18)27/h8-13,15,21,23H,2-7,14,16H2,1H3,(H,29,32). The van der Waals surface area contributed by atoms with Crippen molar-refractivity contribution >= 4 is 35.0 Å². The highest BCUT2D eigenvalue weighted by molar-refractivity contribution is 6.35. The Morgan fingerprint density at radius 3 is 2.41 bits per heavy atom. The van der Waals surface area contributed by atoms with Crippen molar-refractivity contribution in [3.8, 4) is 0 Å². The maximum atomic E-state index is 13.4. The largest absolute Gasteiger partial charge is 0.352 e. The van der Waals surface area contributed by atoms with E-state index in [4.69, 9.17) is 23.2 Å². The number of carbonyl (C=O) groups excluding carboxylic acids is 2. The van der Waals surface area contributed by atoms with E-state index in [0.29, 0.717) is 22.0 Å². The normalized spacial score (nSPS) is 15.2. The lowest BCUT2D eigenvalue weighted by Gasteiger charge is -2.33. The molecule has 1 saturated carbocycles. The molecular formula is C25H29Cl2FN2O2. The summed E-state index contributed by atoms with van der Waals surface area (Å²) in [7, 11) is 0. The van der Waals surface area contributed by atoms with E-state index >= 15 is 0 Å². The quantitative estimate of drug-likeness (QED) is 0.510. The Hall–Kier alpha value is -2.11. The van der Waals surface area contributed by atoms with Crippen LogP contribution in [0.3, 0.4) is 0 Å². The molecule has 1 unspecified atom stereocenters. The van der Waals surface area contributed by atoms with E-state index in [1.807, 2.05) is 6.92 Å². The van der Waals surface area contributed by atoms with Gasteiger partial charge in [0.05, 0.1) is 6.42 Å². The van der Waals surface area contributed by atoms with E-state index in [-0.39, 0.29) is 36.6 Å². The third-order valence-electron chi connectivity index (χ3n) is 5.96. The molecule has 172 valence electrons. The van der Waals surface area contributed by atoms with Gasteiger partial charge < -0.3 is 10.2 Å². The van der Waals surface area contributed by atoms with Crippen LogP contribution < -0.4 is 5.32 Å². The number of hydrogen-bond donors (Lipinski definition) is 1. The van der Waals surface area contributed by atoms with Gasteiger partial charge in [0.2, 0.25) is 11.8 Å². The minimum Gasteiger partial charge on any atom is -0.352 e. The number of rotatable bonds is 8. The Balaban J connectivity index is 1.82. The van der Waals surface area contributed by atoms with Crippen LogP contribution in [0.25, 0.3) is 0 Å². The third kappa shape index (κ3) is 6.69. The predicted octanol–water partition coefficient (Wildman–Crippen LogP) is 5.93. The second-order valence-corrected chi connectivity index (χ2v) is 9.17. The predicted molar refractivity (Wildman–Crippen MR) is 126 cm³/mol. The molecule has 2 amide bonds. The van der Waals surface area contributed by atoms with Crippen LogP contribution in [-0.4, -0.2) is 28.8 Å². The number of halogens is 3. The average Bonchev–Trinajstić information content (AvgIpc) is 2.77. The summed E-state index contributed by atoms with van der Waals surface area (Å²) in [6.07, 6.45) is 5.86. The molecule has 4 nitrogen and oxygen atoms in total. The fourth-order valence-corrected chi connectivity index (χ4v) is 4.66. The summed E-state index contributed by atoms with van der Waals surface area (Å²) in [4.78, 5) is 28.2. The minimum atomic E-state index is -0.624. The van der Waals surface area contributed by atoms with Gasteiger partial charge in [-0.3, -0.25) is 9.59 Å². The van der Waals surface area contributed by atoms with Crippen LogP contribution in [0.5, 0.6) is 0 Å². The molecule has 2 aromatic carbocycles. The smallest absolute Gasteiger partial charge is 0.243 e. The van der Waals surface area contributed by atoms with Gasteiger partial charge in [0.15, 0.2) is 0 Å². The summed E-state index contributed by atoms with van der Waals surface area (Å²) in [6, 6.07) is 10.5. The van der Waals surface area contributed by atoms with Crippen molar-refractivity contribution in [3.05, 3.63) is 69.5 Å². The number of nitrogens with one attached hydrogen (secondary N) is 1. The molecule has 1 atom stereocenters. The highest BCUT2D eigenvalue weighted by atomic mass is 35.5. The molecule has 2 aromatic rings. The lowest BCUT2D eigenvalue weighted by atomic mass is 9.95. The Kier molecular flexibility index (Phi) is 8.94. The molecule has 1 aliphatic carbocycles. The lowest BCUT2D eigenvalue weighted by molar-refractivity contribution is -0.141. The van der Waals surface area contributed by atoms with Crippen molar-refractivity contribution in [2.75, 3.05) is 0 Å². The topological polar surface area (TPSA) is 49.4 Å². The molecular weight excluding hydrogens is 450 g/mol. The molecule has 1 aliphatic rings. The Morgan fingerprint density at radius 2 is 1.78 bits per heavy atom. The van der Waals surface area contributed by atoms with Crippen LogP contribution in [0.4, 0.5) is 4.39 Å². The van der Waals surface area contributed by atoms with Gasteiger partial charge in [-0.05, 0) is 54.7 Å². The first-order chi connectivity index (χ1) is 15.4. The second kappa shape index (κ2) is 11.7. The van der Waals surface area contributed by atoms with Crippen LogP contribution in [0.15, 0.2) is 42.5 Å². The molecule has 32 heavy (non-hydrogen) atoms. The molecule has 0 bridgehead atoms. The van der Waals surface area contributed by atoms with Crippen molar-refractivity contribution in [2.24, 2.45) is 0 Å². The first-order valence-electron chi connectivity index (χ1n) is 11.2. The minimum absolute atomic E-state index is 0.0460. The number of nitrogens with zero attached hydrogens (tertiary/aromatic N) is 1. The number of amides is 2. The number of benzene rings is 2. The number of carbonyl (C=O) groups is 2.